The van der Waals surface area contributed by atoms with Crippen LogP contribution in [0, 0.1) is 0 Å². The van der Waals surface area contributed by atoms with E-state index in [1.807, 2.05) is 0 Å². The number of hydrogen-bond donors (Lipinski definition) is 1. The van der Waals surface area contributed by atoms with Crippen molar-refractivity contribution in [1.82, 2.24) is 0 Å². The van der Waals surface area contributed by atoms with Crippen molar-refractivity contribution in [2.75, 3.05) is 13.7 Å². The zero-order valence-corrected chi connectivity index (χ0v) is 16.7. The average Bonchev–Trinajstić information content (AvgIpc) is 2.70. The molecule has 26 heavy (non-hydrogen) atoms. The third-order valence-electron chi connectivity index (χ3n) is 6.16. The maximum atomic E-state index is 11.3. The van der Waals surface area contributed by atoms with E-state index in [1.165, 1.54) is 69.8 Å². The Kier molecular flexibility index (Phi) is 7.61. The van der Waals surface area contributed by atoms with Gasteiger partial charge in [0.2, 0.25) is 0 Å². The number of aliphatic hydroxyl groups excluding tert-OH is 1. The molecule has 0 heterocycles. The molecule has 2 nitrogen and oxygen atoms in total. The molecule has 2 fully saturated rings. The van der Waals surface area contributed by atoms with Crippen molar-refractivity contribution >= 4 is 14.7 Å². The Bertz CT molecular complexity index is 508. The number of methoxy groups -OCH3 is 1. The monoisotopic (exact) mass is 376 g/mol. The first kappa shape index (κ1) is 20.4. The van der Waals surface area contributed by atoms with Crippen molar-refractivity contribution < 1.29 is 9.84 Å². The molecule has 0 spiro atoms. The molecule has 0 amide bonds. The highest BCUT2D eigenvalue weighted by Gasteiger charge is 2.50. The summed E-state index contributed by atoms with van der Waals surface area (Å²) in [5, 5.41) is 11.3. The second kappa shape index (κ2) is 9.72. The number of benzene rings is 1. The van der Waals surface area contributed by atoms with Crippen molar-refractivity contribution in [3.05, 3.63) is 35.9 Å². The van der Waals surface area contributed by atoms with E-state index in [-0.39, 0.29) is 13.7 Å². The zero-order chi connectivity index (χ0) is 18.4. The van der Waals surface area contributed by atoms with E-state index in [0.29, 0.717) is 12.3 Å². The molecule has 4 heteroatoms. The zero-order valence-electron chi connectivity index (χ0n) is 15.8. The van der Waals surface area contributed by atoms with Gasteiger partial charge in [-0.15, -0.1) is 7.14 Å². The van der Waals surface area contributed by atoms with E-state index in [2.05, 4.69) is 30.3 Å². The summed E-state index contributed by atoms with van der Waals surface area (Å²) in [5.74, 6) is 0. The lowest BCUT2D eigenvalue weighted by Gasteiger charge is -2.52. The molecular weight excluding hydrogens is 338 g/mol. The van der Waals surface area contributed by atoms with Gasteiger partial charge >= 0.3 is 0 Å². The predicted octanol–water partition coefficient (Wildman–Crippen LogP) is 4.70. The maximum Gasteiger partial charge on any atom is 0.128 e. The molecule has 1 aromatic carbocycles. The van der Waals surface area contributed by atoms with Gasteiger partial charge in [-0.3, -0.25) is 0 Å². The summed E-state index contributed by atoms with van der Waals surface area (Å²) >= 11 is 0. The lowest BCUT2D eigenvalue weighted by atomic mass is 9.99. The van der Waals surface area contributed by atoms with Crippen LogP contribution in [0.25, 0.3) is 0 Å². The molecule has 0 bridgehead atoms. The van der Waals surface area contributed by atoms with Crippen LogP contribution in [0.5, 0.6) is 0 Å². The van der Waals surface area contributed by atoms with Crippen LogP contribution >= 0.6 is 7.14 Å². The Morgan fingerprint density at radius 2 is 1.46 bits per heavy atom. The van der Waals surface area contributed by atoms with E-state index in [9.17, 15) is 5.11 Å². The fourth-order valence-corrected chi connectivity index (χ4v) is 9.44. The predicted molar refractivity (Wildman–Crippen MR) is 118 cm³/mol. The lowest BCUT2D eigenvalue weighted by molar-refractivity contribution is 0.0613. The lowest BCUT2D eigenvalue weighted by Crippen LogP contribution is -2.37. The number of aliphatic hydroxyl groups is 1. The molecule has 146 valence electrons. The minimum Gasteiger partial charge on any atom is -0.386 e. The van der Waals surface area contributed by atoms with Crippen molar-refractivity contribution in [2.24, 2.45) is 0 Å². The van der Waals surface area contributed by atoms with Crippen molar-refractivity contribution in [2.45, 2.75) is 87.3 Å². The molecule has 0 saturated heterocycles. The number of rotatable bonds is 7. The van der Waals surface area contributed by atoms with Gasteiger partial charge in [0.05, 0.1) is 12.3 Å². The summed E-state index contributed by atoms with van der Waals surface area (Å²) in [5.41, 5.74) is 3.68. The number of hydrogen-bond acceptors (Lipinski definition) is 2. The van der Waals surface area contributed by atoms with Crippen molar-refractivity contribution in [1.29, 1.82) is 0 Å². The molecule has 0 radical (unpaired) electrons. The Hall–Kier alpha value is -0.365. The smallest absolute Gasteiger partial charge is 0.128 e. The van der Waals surface area contributed by atoms with E-state index in [4.69, 9.17) is 4.74 Å². The number of ether oxygens (including phenoxy) is 1. The fourth-order valence-electron chi connectivity index (χ4n) is 5.02. The van der Waals surface area contributed by atoms with Crippen molar-refractivity contribution in [3.8, 4) is 0 Å². The highest BCUT2D eigenvalue weighted by Crippen LogP contribution is 2.77. The van der Waals surface area contributed by atoms with Gasteiger partial charge in [0, 0.05) is 18.4 Å². The highest BCUT2D eigenvalue weighted by atomic mass is 31.2. The van der Waals surface area contributed by atoms with Gasteiger partial charge in [0.15, 0.2) is 0 Å². The van der Waals surface area contributed by atoms with Crippen LogP contribution < -0.4 is 0 Å². The molecule has 2 saturated carbocycles. The summed E-state index contributed by atoms with van der Waals surface area (Å²) in [6.45, 7) is 0.493. The van der Waals surface area contributed by atoms with Gasteiger partial charge in [-0.2, -0.15) is 0 Å². The molecule has 2 aliphatic carbocycles. The maximum absolute atomic E-state index is 11.3. The standard InChI is InChI=1S/C22H38BO2P/c1-25-17-21(24)22(18-11-5-2-6-12-18)26(23,19-13-7-3-8-14-19)20-15-9-4-10-16-20/h2,5-6,11-12,19-22,24H,3-4,7-10,13-17H2,1,23H3/t21-,22+/m0/s1. The fraction of sp³-hybridized carbons (Fsp3) is 0.727. The Labute approximate surface area is 161 Å². The molecule has 0 unspecified atom stereocenters. The third-order valence-corrected chi connectivity index (χ3v) is 10.2. The largest absolute Gasteiger partial charge is 0.386 e. The quantitative estimate of drug-likeness (QED) is 0.552. The summed E-state index contributed by atoms with van der Waals surface area (Å²) in [6, 6.07) is 11.1. The van der Waals surface area contributed by atoms with Gasteiger partial charge in [0.25, 0.3) is 0 Å². The second-order valence-corrected chi connectivity index (χ2v) is 10.8. The summed E-state index contributed by atoms with van der Waals surface area (Å²) < 4.78 is 5.47. The van der Waals surface area contributed by atoms with Crippen LogP contribution in [0.3, 0.4) is 0 Å². The van der Waals surface area contributed by atoms with Gasteiger partial charge in [0.1, 0.15) is 13.7 Å². The summed E-state index contributed by atoms with van der Waals surface area (Å²) in [7, 11) is 0.803. The molecule has 0 aliphatic heterocycles. The van der Waals surface area contributed by atoms with E-state index < -0.39 is 7.14 Å². The molecule has 3 rings (SSSR count). The van der Waals surface area contributed by atoms with E-state index >= 15 is 0 Å². The first-order valence-electron chi connectivity index (χ1n) is 10.3. The average molecular weight is 376 g/mol. The molecule has 2 atom stereocenters. The summed E-state index contributed by atoms with van der Waals surface area (Å²) in [6.07, 6.45) is 14.0. The Morgan fingerprint density at radius 3 is 1.92 bits per heavy atom. The second-order valence-electron chi connectivity index (χ2n) is 7.91. The molecule has 2 aliphatic rings. The molecule has 1 aromatic rings. The van der Waals surface area contributed by atoms with Crippen LogP contribution in [0.1, 0.15) is 75.4 Å². The van der Waals surface area contributed by atoms with Crippen LogP contribution in [0.4, 0.5) is 0 Å². The SMILES string of the molecule is [BH3-][P+](C1CCCCC1)(C1CCCCC1)[C@H](c1ccccc1)[C@@H](O)COC. The van der Waals surface area contributed by atoms with Crippen LogP contribution in [0.2, 0.25) is 0 Å². The third kappa shape index (κ3) is 4.37. The Balaban J connectivity index is 2.02. The van der Waals surface area contributed by atoms with Gasteiger partial charge in [-0.1, -0.05) is 43.2 Å². The van der Waals surface area contributed by atoms with Crippen LogP contribution in [-0.2, 0) is 4.74 Å². The van der Waals surface area contributed by atoms with Crippen molar-refractivity contribution in [3.63, 3.8) is 0 Å². The molecule has 0 aromatic heterocycles. The first-order valence-corrected chi connectivity index (χ1v) is 11.9. The normalized spacial score (nSPS) is 22.9. The van der Waals surface area contributed by atoms with Gasteiger partial charge in [-0.25, -0.2) is 0 Å². The van der Waals surface area contributed by atoms with Gasteiger partial charge in [-0.05, 0) is 56.9 Å². The van der Waals surface area contributed by atoms with E-state index in [0.717, 1.165) is 11.3 Å². The van der Waals surface area contributed by atoms with E-state index in [1.54, 1.807) is 7.11 Å². The molecular formula is C22H38BO2P. The van der Waals surface area contributed by atoms with Crippen LogP contribution in [0.15, 0.2) is 30.3 Å². The molecule has 1 N–H and O–H groups in total. The highest BCUT2D eigenvalue weighted by molar-refractivity contribution is 7.98. The minimum atomic E-state index is -1.12. The minimum absolute atomic E-state index is 0.176. The summed E-state index contributed by atoms with van der Waals surface area (Å²) in [4.78, 5) is 0. The first-order chi connectivity index (χ1) is 12.7. The Morgan fingerprint density at radius 1 is 0.962 bits per heavy atom. The van der Waals surface area contributed by atoms with Crippen LogP contribution in [-0.4, -0.2) is 43.8 Å². The van der Waals surface area contributed by atoms with Gasteiger partial charge < -0.3 is 9.84 Å². The topological polar surface area (TPSA) is 29.5 Å².